The zero-order valence-electron chi connectivity index (χ0n) is 8.59. The molecule has 3 heterocycles. The molecule has 2 aliphatic heterocycles. The van der Waals surface area contributed by atoms with Gasteiger partial charge in [0.2, 0.25) is 0 Å². The van der Waals surface area contributed by atoms with E-state index in [-0.39, 0.29) is 6.10 Å². The maximum atomic E-state index is 9.66. The van der Waals surface area contributed by atoms with Crippen molar-refractivity contribution in [2.24, 2.45) is 0 Å². The van der Waals surface area contributed by atoms with Gasteiger partial charge in [-0.2, -0.15) is 11.8 Å². The number of rotatable bonds is 1. The summed E-state index contributed by atoms with van der Waals surface area (Å²) in [5.74, 6) is 5.12. The van der Waals surface area contributed by atoms with Crippen molar-refractivity contribution in [3.8, 4) is 0 Å². The number of thioether (sulfide) groups is 1. The molecule has 0 amide bonds. The second-order valence-corrected chi connectivity index (χ2v) is 5.49. The average Bonchev–Trinajstić information content (AvgIpc) is 2.83. The lowest BCUT2D eigenvalue weighted by molar-refractivity contribution is 0.128. The Hall–Kier alpha value is -0.550. The monoisotopic (exact) mass is 225 g/mol. The van der Waals surface area contributed by atoms with E-state index < -0.39 is 0 Å². The van der Waals surface area contributed by atoms with Crippen molar-refractivity contribution >= 4 is 11.8 Å². The summed E-state index contributed by atoms with van der Waals surface area (Å²) >= 11 is 1.99. The van der Waals surface area contributed by atoms with Crippen LogP contribution in [0.2, 0.25) is 0 Å². The minimum absolute atomic E-state index is 0.207. The fraction of sp³-hybridized carbons (Fsp3) is 0.800. The van der Waals surface area contributed by atoms with Crippen LogP contribution < -0.4 is 0 Å². The number of hydrogen-bond acceptors (Lipinski definition) is 4. The fourth-order valence-corrected chi connectivity index (χ4v) is 3.59. The number of aliphatic hydroxyl groups excluding tert-OH is 1. The van der Waals surface area contributed by atoms with Gasteiger partial charge < -0.3 is 9.67 Å². The number of aryl methyl sites for hydroxylation is 1. The molecule has 2 aliphatic rings. The summed E-state index contributed by atoms with van der Waals surface area (Å²) in [5.41, 5.74) is 0. The van der Waals surface area contributed by atoms with Gasteiger partial charge in [0, 0.05) is 18.1 Å². The Bertz CT molecular complexity index is 360. The summed E-state index contributed by atoms with van der Waals surface area (Å²) in [7, 11) is 0. The molecule has 5 heteroatoms. The highest BCUT2D eigenvalue weighted by molar-refractivity contribution is 7.99. The smallest absolute Gasteiger partial charge is 0.137 e. The van der Waals surface area contributed by atoms with Crippen molar-refractivity contribution in [1.82, 2.24) is 14.8 Å². The van der Waals surface area contributed by atoms with Gasteiger partial charge in [-0.1, -0.05) is 0 Å². The third-order valence-electron chi connectivity index (χ3n) is 3.25. The van der Waals surface area contributed by atoms with E-state index in [1.807, 2.05) is 11.8 Å². The first-order chi connectivity index (χ1) is 7.34. The maximum absolute atomic E-state index is 9.66. The van der Waals surface area contributed by atoms with Gasteiger partial charge in [-0.05, 0) is 18.6 Å². The SMILES string of the molecule is OC1CCc2nnc(C3CCSC3)n2C1. The van der Waals surface area contributed by atoms with Crippen LogP contribution in [0, 0.1) is 0 Å². The van der Waals surface area contributed by atoms with Crippen molar-refractivity contribution in [3.63, 3.8) is 0 Å². The van der Waals surface area contributed by atoms with Crippen molar-refractivity contribution < 1.29 is 5.11 Å². The van der Waals surface area contributed by atoms with Crippen LogP contribution in [0.4, 0.5) is 0 Å². The first-order valence-electron chi connectivity index (χ1n) is 5.52. The summed E-state index contributed by atoms with van der Waals surface area (Å²) in [6.07, 6.45) is 2.70. The molecule has 0 saturated carbocycles. The molecular weight excluding hydrogens is 210 g/mol. The van der Waals surface area contributed by atoms with E-state index in [9.17, 15) is 5.11 Å². The second kappa shape index (κ2) is 3.79. The molecule has 15 heavy (non-hydrogen) atoms. The molecule has 1 saturated heterocycles. The van der Waals surface area contributed by atoms with Crippen LogP contribution in [0.1, 0.15) is 30.4 Å². The molecule has 0 radical (unpaired) electrons. The number of hydrogen-bond donors (Lipinski definition) is 1. The van der Waals surface area contributed by atoms with Gasteiger partial charge in [-0.25, -0.2) is 0 Å². The van der Waals surface area contributed by atoms with Crippen LogP contribution in [0.15, 0.2) is 0 Å². The van der Waals surface area contributed by atoms with Gasteiger partial charge in [-0.15, -0.1) is 10.2 Å². The van der Waals surface area contributed by atoms with E-state index in [0.717, 1.165) is 30.2 Å². The van der Waals surface area contributed by atoms with Gasteiger partial charge >= 0.3 is 0 Å². The van der Waals surface area contributed by atoms with Crippen LogP contribution in [0.5, 0.6) is 0 Å². The van der Waals surface area contributed by atoms with Crippen LogP contribution in [-0.2, 0) is 13.0 Å². The Labute approximate surface area is 93.1 Å². The van der Waals surface area contributed by atoms with Crippen molar-refractivity contribution in [2.45, 2.75) is 37.8 Å². The minimum Gasteiger partial charge on any atom is -0.391 e. The van der Waals surface area contributed by atoms with E-state index >= 15 is 0 Å². The predicted octanol–water partition coefficient (Wildman–Crippen LogP) is 0.806. The van der Waals surface area contributed by atoms with Crippen LogP contribution >= 0.6 is 11.8 Å². The molecule has 1 N–H and O–H groups in total. The Morgan fingerprint density at radius 2 is 2.27 bits per heavy atom. The number of fused-ring (bicyclic) bond motifs is 1. The first kappa shape index (κ1) is 9.66. The highest BCUT2D eigenvalue weighted by Gasteiger charge is 2.27. The zero-order valence-corrected chi connectivity index (χ0v) is 9.41. The third-order valence-corrected chi connectivity index (χ3v) is 4.41. The van der Waals surface area contributed by atoms with E-state index in [1.165, 1.54) is 12.2 Å². The molecule has 0 aliphatic carbocycles. The van der Waals surface area contributed by atoms with Crippen LogP contribution in [0.3, 0.4) is 0 Å². The van der Waals surface area contributed by atoms with Crippen molar-refractivity contribution in [3.05, 3.63) is 11.6 Å². The quantitative estimate of drug-likeness (QED) is 0.768. The molecule has 4 nitrogen and oxygen atoms in total. The summed E-state index contributed by atoms with van der Waals surface area (Å²) in [6.45, 7) is 0.693. The van der Waals surface area contributed by atoms with Gasteiger partial charge in [0.1, 0.15) is 11.6 Å². The Morgan fingerprint density at radius 1 is 1.33 bits per heavy atom. The molecule has 1 aromatic rings. The fourth-order valence-electron chi connectivity index (χ4n) is 2.37. The summed E-state index contributed by atoms with van der Waals surface area (Å²) < 4.78 is 2.14. The zero-order chi connectivity index (χ0) is 10.3. The molecular formula is C10H15N3OS. The van der Waals surface area contributed by atoms with Gasteiger partial charge in [0.25, 0.3) is 0 Å². The molecule has 0 aromatic carbocycles. The minimum atomic E-state index is -0.207. The van der Waals surface area contributed by atoms with E-state index in [2.05, 4.69) is 14.8 Å². The lowest BCUT2D eigenvalue weighted by atomic mass is 10.1. The van der Waals surface area contributed by atoms with Gasteiger partial charge in [-0.3, -0.25) is 0 Å². The summed E-state index contributed by atoms with van der Waals surface area (Å²) in [5, 5.41) is 18.2. The lowest BCUT2D eigenvalue weighted by Crippen LogP contribution is -2.26. The molecule has 2 atom stereocenters. The van der Waals surface area contributed by atoms with Crippen LogP contribution in [0.25, 0.3) is 0 Å². The molecule has 2 unspecified atom stereocenters. The molecule has 0 bridgehead atoms. The standard InChI is InChI=1S/C10H15N3OS/c14-8-1-2-9-11-12-10(13(9)5-8)7-3-4-15-6-7/h7-8,14H,1-6H2. The Balaban J connectivity index is 1.92. The van der Waals surface area contributed by atoms with E-state index in [4.69, 9.17) is 0 Å². The summed E-state index contributed by atoms with van der Waals surface area (Å²) in [4.78, 5) is 0. The average molecular weight is 225 g/mol. The second-order valence-electron chi connectivity index (χ2n) is 4.34. The normalized spacial score (nSPS) is 30.5. The van der Waals surface area contributed by atoms with Crippen LogP contribution in [-0.4, -0.2) is 37.5 Å². The van der Waals surface area contributed by atoms with Crippen molar-refractivity contribution in [2.75, 3.05) is 11.5 Å². The third kappa shape index (κ3) is 1.67. The number of nitrogens with zero attached hydrogens (tertiary/aromatic N) is 3. The Morgan fingerprint density at radius 3 is 3.07 bits per heavy atom. The predicted molar refractivity (Wildman–Crippen MR) is 59.0 cm³/mol. The lowest BCUT2D eigenvalue weighted by Gasteiger charge is -2.21. The van der Waals surface area contributed by atoms with E-state index in [0.29, 0.717) is 12.5 Å². The first-order valence-corrected chi connectivity index (χ1v) is 6.68. The highest BCUT2D eigenvalue weighted by Crippen LogP contribution is 2.32. The topological polar surface area (TPSA) is 50.9 Å². The van der Waals surface area contributed by atoms with Crippen molar-refractivity contribution in [1.29, 1.82) is 0 Å². The summed E-state index contributed by atoms with van der Waals surface area (Å²) in [6, 6.07) is 0. The highest BCUT2D eigenvalue weighted by atomic mass is 32.2. The molecule has 1 fully saturated rings. The van der Waals surface area contributed by atoms with Gasteiger partial charge in [0.05, 0.1) is 12.6 Å². The molecule has 82 valence electrons. The van der Waals surface area contributed by atoms with Gasteiger partial charge in [0.15, 0.2) is 0 Å². The molecule has 0 spiro atoms. The van der Waals surface area contributed by atoms with E-state index in [1.54, 1.807) is 0 Å². The molecule has 1 aromatic heterocycles. The largest absolute Gasteiger partial charge is 0.391 e. The Kier molecular flexibility index (Phi) is 2.44. The maximum Gasteiger partial charge on any atom is 0.137 e. The molecule has 3 rings (SSSR count). The number of aromatic nitrogens is 3. The number of aliphatic hydroxyl groups is 1.